The van der Waals surface area contributed by atoms with Crippen LogP contribution in [0.15, 0.2) is 18.2 Å². The Balaban J connectivity index is 2.07. The lowest BCUT2D eigenvalue weighted by Crippen LogP contribution is -2.41. The summed E-state index contributed by atoms with van der Waals surface area (Å²) in [4.78, 5) is 12.3. The maximum atomic E-state index is 12.3. The lowest BCUT2D eigenvalue weighted by atomic mass is 10.0. The number of amides is 1. The van der Waals surface area contributed by atoms with Crippen LogP contribution in [0.2, 0.25) is 0 Å². The number of hydrogen-bond acceptors (Lipinski definition) is 2. The van der Waals surface area contributed by atoms with E-state index in [1.165, 1.54) is 12.8 Å². The van der Waals surface area contributed by atoms with E-state index >= 15 is 0 Å². The molecule has 3 nitrogen and oxygen atoms in total. The summed E-state index contributed by atoms with van der Waals surface area (Å²) in [6, 6.07) is 6.24. The van der Waals surface area contributed by atoms with E-state index in [1.807, 2.05) is 32.0 Å². The van der Waals surface area contributed by atoms with Crippen LogP contribution < -0.4 is 10.6 Å². The average molecular weight is 246 g/mol. The smallest absolute Gasteiger partial charge is 0.252 e. The Morgan fingerprint density at radius 2 is 2.00 bits per heavy atom. The Morgan fingerprint density at radius 3 is 2.72 bits per heavy atom. The van der Waals surface area contributed by atoms with Gasteiger partial charge in [-0.05, 0) is 44.4 Å². The molecule has 2 N–H and O–H groups in total. The third-order valence-corrected chi connectivity index (χ3v) is 3.59. The van der Waals surface area contributed by atoms with Gasteiger partial charge in [-0.1, -0.05) is 24.6 Å². The Hall–Kier alpha value is -1.35. The van der Waals surface area contributed by atoms with Gasteiger partial charge in [-0.3, -0.25) is 4.79 Å². The minimum Gasteiger partial charge on any atom is -0.348 e. The molecule has 1 amide bonds. The molecule has 1 fully saturated rings. The molecule has 0 aromatic heterocycles. The summed E-state index contributed by atoms with van der Waals surface area (Å²) in [6.45, 7) is 5.94. The maximum absolute atomic E-state index is 12.3. The van der Waals surface area contributed by atoms with Crippen LogP contribution in [0, 0.1) is 13.8 Å². The Bertz CT molecular complexity index is 400. The zero-order valence-electron chi connectivity index (χ0n) is 11.3. The molecule has 0 aliphatic carbocycles. The second-order valence-corrected chi connectivity index (χ2v) is 5.14. The van der Waals surface area contributed by atoms with Gasteiger partial charge in [0.05, 0.1) is 0 Å². The number of rotatable bonds is 2. The Morgan fingerprint density at radius 1 is 1.28 bits per heavy atom. The molecule has 1 aromatic rings. The molecule has 1 heterocycles. The standard InChI is InChI=1S/C15H22N2O/c1-11-6-5-7-12(2)14(11)15(18)17-13-8-3-4-9-16-10-13/h5-7,13,16H,3-4,8-10H2,1-2H3,(H,17,18). The van der Waals surface area contributed by atoms with Gasteiger partial charge in [-0.15, -0.1) is 0 Å². The molecule has 1 unspecified atom stereocenters. The third-order valence-electron chi connectivity index (χ3n) is 3.59. The second-order valence-electron chi connectivity index (χ2n) is 5.14. The van der Waals surface area contributed by atoms with Crippen molar-refractivity contribution in [1.29, 1.82) is 0 Å². The lowest BCUT2D eigenvalue weighted by Gasteiger charge is -2.18. The normalized spacial score (nSPS) is 20.2. The van der Waals surface area contributed by atoms with Gasteiger partial charge in [0.15, 0.2) is 0 Å². The first-order valence-corrected chi connectivity index (χ1v) is 6.76. The number of benzene rings is 1. The van der Waals surface area contributed by atoms with Gasteiger partial charge in [0.2, 0.25) is 0 Å². The van der Waals surface area contributed by atoms with Crippen molar-refractivity contribution in [3.8, 4) is 0 Å². The lowest BCUT2D eigenvalue weighted by molar-refractivity contribution is 0.0934. The number of hydrogen-bond donors (Lipinski definition) is 2. The van der Waals surface area contributed by atoms with Gasteiger partial charge < -0.3 is 10.6 Å². The summed E-state index contributed by atoms with van der Waals surface area (Å²) in [6.07, 6.45) is 3.46. The van der Waals surface area contributed by atoms with Gasteiger partial charge in [-0.2, -0.15) is 0 Å². The molecular weight excluding hydrogens is 224 g/mol. The predicted molar refractivity (Wildman–Crippen MR) is 73.9 cm³/mol. The van der Waals surface area contributed by atoms with Crippen molar-refractivity contribution in [2.75, 3.05) is 13.1 Å². The topological polar surface area (TPSA) is 41.1 Å². The monoisotopic (exact) mass is 246 g/mol. The number of aryl methyl sites for hydroxylation is 2. The van der Waals surface area contributed by atoms with Gasteiger partial charge in [0.1, 0.15) is 0 Å². The highest BCUT2D eigenvalue weighted by atomic mass is 16.1. The van der Waals surface area contributed by atoms with Crippen LogP contribution in [-0.2, 0) is 0 Å². The van der Waals surface area contributed by atoms with E-state index in [0.29, 0.717) is 0 Å². The first kappa shape index (κ1) is 13.1. The van der Waals surface area contributed by atoms with Crippen molar-refractivity contribution in [2.45, 2.75) is 39.2 Å². The van der Waals surface area contributed by atoms with Crippen LogP contribution in [0.4, 0.5) is 0 Å². The highest BCUT2D eigenvalue weighted by molar-refractivity contribution is 5.97. The molecular formula is C15H22N2O. The summed E-state index contributed by atoms with van der Waals surface area (Å²) in [5, 5.41) is 6.52. The number of carbonyl (C=O) groups is 1. The first-order chi connectivity index (χ1) is 8.68. The van der Waals surface area contributed by atoms with Crippen LogP contribution in [0.25, 0.3) is 0 Å². The molecule has 1 saturated heterocycles. The fourth-order valence-electron chi connectivity index (χ4n) is 2.57. The maximum Gasteiger partial charge on any atom is 0.252 e. The van der Waals surface area contributed by atoms with Crippen molar-refractivity contribution in [1.82, 2.24) is 10.6 Å². The number of carbonyl (C=O) groups excluding carboxylic acids is 1. The molecule has 1 aliphatic heterocycles. The highest BCUT2D eigenvalue weighted by Gasteiger charge is 2.17. The fourth-order valence-corrected chi connectivity index (χ4v) is 2.57. The molecule has 1 aromatic carbocycles. The Labute approximate surface area is 109 Å². The van der Waals surface area contributed by atoms with Crippen LogP contribution >= 0.6 is 0 Å². The summed E-state index contributed by atoms with van der Waals surface area (Å²) in [7, 11) is 0. The van der Waals surface area contributed by atoms with Crippen molar-refractivity contribution >= 4 is 5.91 Å². The molecule has 18 heavy (non-hydrogen) atoms. The van der Waals surface area contributed by atoms with Crippen molar-refractivity contribution in [2.24, 2.45) is 0 Å². The van der Waals surface area contributed by atoms with E-state index in [-0.39, 0.29) is 11.9 Å². The summed E-state index contributed by atoms with van der Waals surface area (Å²) >= 11 is 0. The van der Waals surface area contributed by atoms with E-state index in [9.17, 15) is 4.79 Å². The molecule has 2 rings (SSSR count). The average Bonchev–Trinajstić information content (AvgIpc) is 2.57. The summed E-state index contributed by atoms with van der Waals surface area (Å²) in [5.41, 5.74) is 2.94. The zero-order chi connectivity index (χ0) is 13.0. The highest BCUT2D eigenvalue weighted by Crippen LogP contribution is 2.14. The molecule has 0 bridgehead atoms. The van der Waals surface area contributed by atoms with Gasteiger partial charge >= 0.3 is 0 Å². The van der Waals surface area contributed by atoms with E-state index in [4.69, 9.17) is 0 Å². The molecule has 0 saturated carbocycles. The van der Waals surface area contributed by atoms with Crippen LogP contribution in [0.1, 0.15) is 40.7 Å². The quantitative estimate of drug-likeness (QED) is 0.839. The predicted octanol–water partition coefficient (Wildman–Crippen LogP) is 2.18. The van der Waals surface area contributed by atoms with Crippen LogP contribution in [0.5, 0.6) is 0 Å². The van der Waals surface area contributed by atoms with E-state index in [1.54, 1.807) is 0 Å². The molecule has 98 valence electrons. The summed E-state index contributed by atoms with van der Waals surface area (Å²) in [5.74, 6) is 0.0688. The van der Waals surface area contributed by atoms with Gasteiger partial charge in [0.25, 0.3) is 5.91 Å². The van der Waals surface area contributed by atoms with E-state index in [2.05, 4.69) is 10.6 Å². The first-order valence-electron chi connectivity index (χ1n) is 6.76. The number of nitrogens with one attached hydrogen (secondary N) is 2. The Kier molecular flexibility index (Phi) is 4.37. The minimum absolute atomic E-state index is 0.0688. The molecule has 1 aliphatic rings. The third kappa shape index (κ3) is 3.10. The SMILES string of the molecule is Cc1cccc(C)c1C(=O)NC1CCCCNC1. The van der Waals surface area contributed by atoms with Crippen molar-refractivity contribution in [3.63, 3.8) is 0 Å². The minimum atomic E-state index is 0.0688. The fraction of sp³-hybridized carbons (Fsp3) is 0.533. The van der Waals surface area contributed by atoms with Crippen LogP contribution in [-0.4, -0.2) is 25.0 Å². The summed E-state index contributed by atoms with van der Waals surface area (Å²) < 4.78 is 0. The molecule has 1 atom stereocenters. The van der Waals surface area contributed by atoms with Gasteiger partial charge in [-0.25, -0.2) is 0 Å². The van der Waals surface area contributed by atoms with Gasteiger partial charge in [0, 0.05) is 18.2 Å². The van der Waals surface area contributed by atoms with Crippen molar-refractivity contribution < 1.29 is 4.79 Å². The molecule has 0 spiro atoms. The van der Waals surface area contributed by atoms with Crippen LogP contribution in [0.3, 0.4) is 0 Å². The molecule has 0 radical (unpaired) electrons. The largest absolute Gasteiger partial charge is 0.348 e. The van der Waals surface area contributed by atoms with E-state index < -0.39 is 0 Å². The zero-order valence-corrected chi connectivity index (χ0v) is 11.3. The second kappa shape index (κ2) is 6.01. The molecule has 3 heteroatoms. The van der Waals surface area contributed by atoms with Crippen molar-refractivity contribution in [3.05, 3.63) is 34.9 Å². The van der Waals surface area contributed by atoms with E-state index in [0.717, 1.165) is 36.2 Å².